The van der Waals surface area contributed by atoms with Crippen LogP contribution in [0.2, 0.25) is 10.0 Å². The fourth-order valence-electron chi connectivity index (χ4n) is 4.99. The molecule has 1 N–H and O–H groups in total. The predicted molar refractivity (Wildman–Crippen MR) is 155 cm³/mol. The van der Waals surface area contributed by atoms with E-state index in [1.165, 1.54) is 89.0 Å². The first kappa shape index (κ1) is 31.9. The molecule has 1 unspecified atom stereocenters. The number of hydrogen-bond acceptors (Lipinski definition) is 4. The standard InChI is InChI=1S/C30H52Cl2N2O2/c1-2-3-4-5-6-7-8-9-10-11-12-13-14-15-22-36-26-28(35)25-34-20-18-33(19-21-34)24-27-16-17-29(31)30(32)23-27/h16-17,23,28,35H,2-15,18-22,24-26H2,1H3. The van der Waals surface area contributed by atoms with E-state index in [0.29, 0.717) is 23.2 Å². The van der Waals surface area contributed by atoms with Gasteiger partial charge in [-0.25, -0.2) is 0 Å². The first-order valence-electron chi connectivity index (χ1n) is 14.7. The maximum absolute atomic E-state index is 10.4. The highest BCUT2D eigenvalue weighted by atomic mass is 35.5. The van der Waals surface area contributed by atoms with E-state index in [1.54, 1.807) is 0 Å². The van der Waals surface area contributed by atoms with Gasteiger partial charge in [0, 0.05) is 45.9 Å². The molecule has 0 spiro atoms. The Bertz CT molecular complexity index is 668. The SMILES string of the molecule is CCCCCCCCCCCCCCCCOCC(O)CN1CCN(Cc2ccc(Cl)c(Cl)c2)CC1. The zero-order valence-corrected chi connectivity index (χ0v) is 24.4. The van der Waals surface area contributed by atoms with Crippen molar-refractivity contribution >= 4 is 23.2 Å². The highest BCUT2D eigenvalue weighted by Gasteiger charge is 2.19. The van der Waals surface area contributed by atoms with Gasteiger partial charge in [-0.05, 0) is 24.1 Å². The van der Waals surface area contributed by atoms with Crippen LogP contribution in [0.25, 0.3) is 0 Å². The largest absolute Gasteiger partial charge is 0.389 e. The van der Waals surface area contributed by atoms with Crippen LogP contribution in [0.3, 0.4) is 0 Å². The lowest BCUT2D eigenvalue weighted by atomic mass is 10.0. The topological polar surface area (TPSA) is 35.9 Å². The van der Waals surface area contributed by atoms with Crippen molar-refractivity contribution in [2.45, 2.75) is 109 Å². The minimum absolute atomic E-state index is 0.404. The van der Waals surface area contributed by atoms with E-state index in [2.05, 4.69) is 16.7 Å². The Morgan fingerprint density at radius 2 is 1.28 bits per heavy atom. The van der Waals surface area contributed by atoms with Crippen molar-refractivity contribution in [3.63, 3.8) is 0 Å². The molecule has 1 aromatic rings. The van der Waals surface area contributed by atoms with Crippen molar-refractivity contribution in [2.24, 2.45) is 0 Å². The van der Waals surface area contributed by atoms with E-state index in [0.717, 1.165) is 45.8 Å². The van der Waals surface area contributed by atoms with Crippen LogP contribution in [-0.2, 0) is 11.3 Å². The average molecular weight is 544 g/mol. The highest BCUT2D eigenvalue weighted by molar-refractivity contribution is 6.42. The number of aliphatic hydroxyl groups is 1. The van der Waals surface area contributed by atoms with Crippen LogP contribution in [0.4, 0.5) is 0 Å². The van der Waals surface area contributed by atoms with E-state index in [4.69, 9.17) is 27.9 Å². The number of halogens is 2. The molecule has 36 heavy (non-hydrogen) atoms. The maximum atomic E-state index is 10.4. The molecular formula is C30H52Cl2N2O2. The summed E-state index contributed by atoms with van der Waals surface area (Å²) in [5, 5.41) is 11.6. The summed E-state index contributed by atoms with van der Waals surface area (Å²) in [7, 11) is 0. The number of piperazine rings is 1. The second kappa shape index (κ2) is 20.6. The monoisotopic (exact) mass is 542 g/mol. The molecule has 0 bridgehead atoms. The molecule has 2 rings (SSSR count). The molecule has 0 amide bonds. The van der Waals surface area contributed by atoms with Crippen LogP contribution < -0.4 is 0 Å². The van der Waals surface area contributed by atoms with Crippen molar-refractivity contribution in [3.05, 3.63) is 33.8 Å². The summed E-state index contributed by atoms with van der Waals surface area (Å²) in [6.45, 7) is 9.00. The number of hydrogen-bond donors (Lipinski definition) is 1. The number of unbranched alkanes of at least 4 members (excludes halogenated alkanes) is 13. The number of nitrogens with zero attached hydrogens (tertiary/aromatic N) is 2. The van der Waals surface area contributed by atoms with Gasteiger partial charge in [-0.15, -0.1) is 0 Å². The minimum Gasteiger partial charge on any atom is -0.389 e. The number of aliphatic hydroxyl groups excluding tert-OH is 1. The van der Waals surface area contributed by atoms with Gasteiger partial charge in [-0.2, -0.15) is 0 Å². The summed E-state index contributed by atoms with van der Waals surface area (Å²) in [6, 6.07) is 5.86. The minimum atomic E-state index is -0.404. The highest BCUT2D eigenvalue weighted by Crippen LogP contribution is 2.23. The molecule has 1 saturated heterocycles. The quantitative estimate of drug-likeness (QED) is 0.160. The van der Waals surface area contributed by atoms with Crippen LogP contribution in [0.5, 0.6) is 0 Å². The van der Waals surface area contributed by atoms with Gasteiger partial charge in [0.15, 0.2) is 0 Å². The number of β-amino-alcohol motifs (C(OH)–C–C–N with tert-alkyl or cyclic N) is 1. The van der Waals surface area contributed by atoms with Gasteiger partial charge in [-0.3, -0.25) is 9.80 Å². The van der Waals surface area contributed by atoms with Gasteiger partial charge in [0.05, 0.1) is 22.8 Å². The summed E-state index contributed by atoms with van der Waals surface area (Å²) >= 11 is 12.2. The van der Waals surface area contributed by atoms with Crippen molar-refractivity contribution < 1.29 is 9.84 Å². The Hall–Kier alpha value is -0.360. The molecule has 0 aromatic heterocycles. The van der Waals surface area contributed by atoms with Crippen molar-refractivity contribution in [3.8, 4) is 0 Å². The predicted octanol–water partition coefficient (Wildman–Crippen LogP) is 7.97. The summed E-state index contributed by atoms with van der Waals surface area (Å²) < 4.78 is 5.75. The van der Waals surface area contributed by atoms with E-state index >= 15 is 0 Å². The molecule has 6 heteroatoms. The Kier molecular flexibility index (Phi) is 18.2. The lowest BCUT2D eigenvalue weighted by Crippen LogP contribution is -2.48. The summed E-state index contributed by atoms with van der Waals surface area (Å²) in [5.41, 5.74) is 1.19. The third-order valence-corrected chi connectivity index (χ3v) is 8.02. The third-order valence-electron chi connectivity index (χ3n) is 7.28. The van der Waals surface area contributed by atoms with Crippen LogP contribution in [0.1, 0.15) is 102 Å². The molecule has 4 nitrogen and oxygen atoms in total. The molecule has 1 aromatic carbocycles. The zero-order valence-electron chi connectivity index (χ0n) is 22.9. The Morgan fingerprint density at radius 3 is 1.83 bits per heavy atom. The fourth-order valence-corrected chi connectivity index (χ4v) is 5.32. The fraction of sp³-hybridized carbons (Fsp3) is 0.800. The van der Waals surface area contributed by atoms with Crippen LogP contribution in [0.15, 0.2) is 18.2 Å². The average Bonchev–Trinajstić information content (AvgIpc) is 2.87. The van der Waals surface area contributed by atoms with Crippen molar-refractivity contribution in [1.29, 1.82) is 0 Å². The van der Waals surface area contributed by atoms with Crippen molar-refractivity contribution in [2.75, 3.05) is 45.9 Å². The normalized spacial score (nSPS) is 16.0. The molecule has 1 aliphatic heterocycles. The van der Waals surface area contributed by atoms with Gasteiger partial charge < -0.3 is 9.84 Å². The second-order valence-corrected chi connectivity index (χ2v) is 11.5. The molecule has 0 radical (unpaired) electrons. The van der Waals surface area contributed by atoms with E-state index < -0.39 is 6.10 Å². The summed E-state index contributed by atoms with van der Waals surface area (Å²) in [6.07, 6.45) is 18.7. The lowest BCUT2D eigenvalue weighted by Gasteiger charge is -2.35. The molecule has 1 aliphatic rings. The number of benzene rings is 1. The smallest absolute Gasteiger partial charge is 0.0900 e. The first-order chi connectivity index (χ1) is 17.6. The van der Waals surface area contributed by atoms with Gasteiger partial charge in [0.25, 0.3) is 0 Å². The molecule has 1 fully saturated rings. The first-order valence-corrected chi connectivity index (χ1v) is 15.5. The van der Waals surface area contributed by atoms with Crippen LogP contribution in [-0.4, -0.2) is 66.9 Å². The summed E-state index contributed by atoms with van der Waals surface area (Å²) in [4.78, 5) is 4.76. The maximum Gasteiger partial charge on any atom is 0.0900 e. The van der Waals surface area contributed by atoms with Crippen LogP contribution in [0, 0.1) is 0 Å². The molecule has 1 atom stereocenters. The molecule has 208 valence electrons. The second-order valence-electron chi connectivity index (χ2n) is 10.7. The molecule has 0 aliphatic carbocycles. The van der Waals surface area contributed by atoms with Gasteiger partial charge in [0.2, 0.25) is 0 Å². The Balaban J connectivity index is 1.36. The zero-order chi connectivity index (χ0) is 25.8. The van der Waals surface area contributed by atoms with E-state index in [-0.39, 0.29) is 0 Å². The number of ether oxygens (including phenoxy) is 1. The van der Waals surface area contributed by atoms with Gasteiger partial charge in [0.1, 0.15) is 0 Å². The Morgan fingerprint density at radius 1 is 0.750 bits per heavy atom. The third kappa shape index (κ3) is 15.1. The molecular weight excluding hydrogens is 491 g/mol. The van der Waals surface area contributed by atoms with Gasteiger partial charge >= 0.3 is 0 Å². The van der Waals surface area contributed by atoms with Gasteiger partial charge in [-0.1, -0.05) is 120 Å². The Labute approximate surface area is 231 Å². The number of rotatable bonds is 21. The van der Waals surface area contributed by atoms with Crippen molar-refractivity contribution in [1.82, 2.24) is 9.80 Å². The van der Waals surface area contributed by atoms with E-state index in [1.807, 2.05) is 18.2 Å². The van der Waals surface area contributed by atoms with Crippen LogP contribution >= 0.6 is 23.2 Å². The lowest BCUT2D eigenvalue weighted by molar-refractivity contribution is 0.00559. The molecule has 1 heterocycles. The molecule has 0 saturated carbocycles. The summed E-state index contributed by atoms with van der Waals surface area (Å²) in [5.74, 6) is 0. The van der Waals surface area contributed by atoms with E-state index in [9.17, 15) is 5.11 Å².